The molecule has 0 bridgehead atoms. The minimum absolute atomic E-state index is 0.0718. The second kappa shape index (κ2) is 12.2. The van der Waals surface area contributed by atoms with Gasteiger partial charge in [0, 0.05) is 5.02 Å². The van der Waals surface area contributed by atoms with Crippen molar-refractivity contribution in [2.24, 2.45) is 0 Å². The summed E-state index contributed by atoms with van der Waals surface area (Å²) in [4.78, 5) is 37.0. The minimum atomic E-state index is -5.01. The first-order valence-electron chi connectivity index (χ1n) is 10.8. The van der Waals surface area contributed by atoms with E-state index in [1.54, 1.807) is 45.0 Å². The number of aliphatic carboxylic acids is 1. The molecule has 37 heavy (non-hydrogen) atoms. The molecule has 0 aliphatic carbocycles. The monoisotopic (exact) mass is 546 g/mol. The normalized spacial score (nSPS) is 14.2. The summed E-state index contributed by atoms with van der Waals surface area (Å²) in [5.41, 5.74) is -0.562. The average molecular weight is 547 g/mol. The highest BCUT2D eigenvalue weighted by Gasteiger charge is 2.34. The van der Waals surface area contributed by atoms with Crippen LogP contribution in [0.25, 0.3) is 0 Å². The number of rotatable bonds is 9. The number of ether oxygens (including phenoxy) is 2. The fraction of sp³-hybridized carbons (Fsp3) is 0.375. The van der Waals surface area contributed by atoms with Crippen LogP contribution in [0.2, 0.25) is 5.02 Å². The van der Waals surface area contributed by atoms with Crippen LogP contribution < -0.4 is 15.4 Å². The van der Waals surface area contributed by atoms with Gasteiger partial charge in [0.15, 0.2) is 12.1 Å². The van der Waals surface area contributed by atoms with E-state index >= 15 is 0 Å². The quantitative estimate of drug-likeness (QED) is 0.374. The third kappa shape index (κ3) is 10.2. The molecule has 0 aliphatic heterocycles. The first kappa shape index (κ1) is 29.7. The van der Waals surface area contributed by atoms with E-state index in [-0.39, 0.29) is 12.0 Å². The van der Waals surface area contributed by atoms with Crippen molar-refractivity contribution in [1.29, 1.82) is 0 Å². The maximum Gasteiger partial charge on any atom is 0.573 e. The molecule has 0 spiro atoms. The predicted octanol–water partition coefficient (Wildman–Crippen LogP) is 3.98. The highest BCUT2D eigenvalue weighted by Crippen LogP contribution is 2.26. The van der Waals surface area contributed by atoms with Gasteiger partial charge in [-0.3, -0.25) is 4.79 Å². The lowest BCUT2D eigenvalue weighted by atomic mass is 9.99. The number of nitrogens with one attached hydrogen (secondary N) is 2. The summed E-state index contributed by atoms with van der Waals surface area (Å²) in [6, 6.07) is 7.24. The summed E-state index contributed by atoms with van der Waals surface area (Å²) in [6.07, 6.45) is -8.00. The van der Waals surface area contributed by atoms with Crippen molar-refractivity contribution in [2.45, 2.75) is 57.3 Å². The minimum Gasteiger partial charge on any atom is -0.479 e. The number of aliphatic hydroxyl groups is 1. The number of hydrogen-bond donors (Lipinski definition) is 4. The molecule has 0 aromatic heterocycles. The highest BCUT2D eigenvalue weighted by molar-refractivity contribution is 6.30. The van der Waals surface area contributed by atoms with Crippen LogP contribution >= 0.6 is 11.6 Å². The van der Waals surface area contributed by atoms with Crippen molar-refractivity contribution in [3.05, 3.63) is 64.7 Å². The Balaban J connectivity index is 2.26. The summed E-state index contributed by atoms with van der Waals surface area (Å²) in [5.74, 6) is -3.51. The molecule has 0 unspecified atom stereocenters. The molecule has 0 fully saturated rings. The number of alkyl halides is 3. The zero-order valence-electron chi connectivity index (χ0n) is 20.0. The lowest BCUT2D eigenvalue weighted by Gasteiger charge is -2.27. The molecule has 202 valence electrons. The first-order chi connectivity index (χ1) is 17.0. The van der Waals surface area contributed by atoms with Gasteiger partial charge in [-0.05, 0) is 62.6 Å². The van der Waals surface area contributed by atoms with E-state index in [0.717, 1.165) is 18.2 Å². The number of carbonyl (C=O) groups is 3. The zero-order chi connectivity index (χ0) is 28.0. The van der Waals surface area contributed by atoms with Gasteiger partial charge in [0.1, 0.15) is 11.4 Å². The van der Waals surface area contributed by atoms with E-state index < -0.39 is 53.9 Å². The predicted molar refractivity (Wildman–Crippen MR) is 126 cm³/mol. The second-order valence-corrected chi connectivity index (χ2v) is 9.36. The number of carbonyl (C=O) groups excluding carboxylic acids is 2. The van der Waals surface area contributed by atoms with E-state index in [4.69, 9.17) is 16.3 Å². The third-order valence-electron chi connectivity index (χ3n) is 4.68. The fourth-order valence-corrected chi connectivity index (χ4v) is 3.29. The van der Waals surface area contributed by atoms with Crippen LogP contribution in [0.3, 0.4) is 0 Å². The molecule has 0 heterocycles. The number of carboxylic acids is 1. The van der Waals surface area contributed by atoms with E-state index in [9.17, 15) is 37.8 Å². The standard InChI is InChI=1S/C24H26ClF3N2O7/c1-23(2,3)37-22(35)29-17(11-13-7-9-15(25)10-8-13)19(31)20(32)30-18(21(33)34)14-5-4-6-16(12-14)36-24(26,27)28/h4-10,12,17-19,31H,11H2,1-3H3,(H,29,35)(H,30,32)(H,33,34)/t17-,18+,19+/m1/s1. The van der Waals surface area contributed by atoms with Gasteiger partial charge in [0.05, 0.1) is 6.04 Å². The lowest BCUT2D eigenvalue weighted by molar-refractivity contribution is -0.274. The molecule has 4 N–H and O–H groups in total. The van der Waals surface area contributed by atoms with Gasteiger partial charge in [0.25, 0.3) is 5.91 Å². The topological polar surface area (TPSA) is 134 Å². The average Bonchev–Trinajstić information content (AvgIpc) is 2.75. The largest absolute Gasteiger partial charge is 0.573 e. The molecular weight excluding hydrogens is 521 g/mol. The Hall–Kier alpha value is -3.51. The number of amides is 2. The van der Waals surface area contributed by atoms with Crippen LogP contribution in [0.5, 0.6) is 5.75 Å². The van der Waals surface area contributed by atoms with E-state index in [1.807, 2.05) is 0 Å². The summed E-state index contributed by atoms with van der Waals surface area (Å²) in [6.45, 7) is 4.83. The molecule has 2 aromatic carbocycles. The Morgan fingerprint density at radius 2 is 1.65 bits per heavy atom. The van der Waals surface area contributed by atoms with Gasteiger partial charge in [-0.15, -0.1) is 13.2 Å². The maximum absolute atomic E-state index is 12.8. The molecule has 0 saturated carbocycles. The van der Waals surface area contributed by atoms with Gasteiger partial charge in [-0.25, -0.2) is 9.59 Å². The van der Waals surface area contributed by atoms with Crippen LogP contribution in [0, 0.1) is 0 Å². The molecule has 0 aliphatic rings. The number of alkyl carbamates (subject to hydrolysis) is 1. The molecule has 2 aromatic rings. The lowest BCUT2D eigenvalue weighted by Crippen LogP contribution is -2.53. The molecule has 9 nitrogen and oxygen atoms in total. The van der Waals surface area contributed by atoms with E-state index in [0.29, 0.717) is 10.6 Å². The number of carboxylic acid groups (broad SMARTS) is 1. The summed E-state index contributed by atoms with van der Waals surface area (Å²) in [7, 11) is 0. The van der Waals surface area contributed by atoms with Crippen LogP contribution in [0.1, 0.15) is 37.9 Å². The Morgan fingerprint density at radius 1 is 1.03 bits per heavy atom. The zero-order valence-corrected chi connectivity index (χ0v) is 20.8. The van der Waals surface area contributed by atoms with Crippen molar-refractivity contribution in [1.82, 2.24) is 10.6 Å². The fourth-order valence-electron chi connectivity index (χ4n) is 3.16. The number of benzene rings is 2. The van der Waals surface area contributed by atoms with Crippen molar-refractivity contribution < 1.29 is 47.2 Å². The smallest absolute Gasteiger partial charge is 0.479 e. The van der Waals surface area contributed by atoms with Crippen LogP contribution in [-0.2, 0) is 20.7 Å². The molecule has 0 radical (unpaired) electrons. The van der Waals surface area contributed by atoms with Gasteiger partial charge in [-0.2, -0.15) is 0 Å². The first-order valence-corrected chi connectivity index (χ1v) is 11.2. The van der Waals surface area contributed by atoms with Crippen molar-refractivity contribution in [3.8, 4) is 5.75 Å². The molecule has 2 amide bonds. The van der Waals surface area contributed by atoms with Crippen molar-refractivity contribution in [3.63, 3.8) is 0 Å². The van der Waals surface area contributed by atoms with Gasteiger partial charge < -0.3 is 30.3 Å². The molecular formula is C24H26ClF3N2O7. The molecule has 0 saturated heterocycles. The van der Waals surface area contributed by atoms with Crippen molar-refractivity contribution in [2.75, 3.05) is 0 Å². The number of halogens is 4. The summed E-state index contributed by atoms with van der Waals surface area (Å²) >= 11 is 5.88. The van der Waals surface area contributed by atoms with Crippen molar-refractivity contribution >= 4 is 29.6 Å². The Kier molecular flexibility index (Phi) is 9.76. The second-order valence-electron chi connectivity index (χ2n) is 8.93. The Labute approximate surface area is 215 Å². The third-order valence-corrected chi connectivity index (χ3v) is 4.93. The van der Waals surface area contributed by atoms with Crippen LogP contribution in [0.15, 0.2) is 48.5 Å². The summed E-state index contributed by atoms with van der Waals surface area (Å²) < 4.78 is 46.6. The van der Waals surface area contributed by atoms with Gasteiger partial charge >= 0.3 is 18.4 Å². The molecule has 13 heteroatoms. The SMILES string of the molecule is CC(C)(C)OC(=O)N[C@H](Cc1ccc(Cl)cc1)[C@H](O)C(=O)N[C@H](C(=O)O)c1cccc(OC(F)(F)F)c1. The Bertz CT molecular complexity index is 1100. The molecule has 2 rings (SSSR count). The maximum atomic E-state index is 12.8. The number of aliphatic hydroxyl groups excluding tert-OH is 1. The van der Waals surface area contributed by atoms with Gasteiger partial charge in [0.2, 0.25) is 0 Å². The highest BCUT2D eigenvalue weighted by atomic mass is 35.5. The van der Waals surface area contributed by atoms with Gasteiger partial charge in [-0.1, -0.05) is 35.9 Å². The number of hydrogen-bond acceptors (Lipinski definition) is 6. The molecule has 3 atom stereocenters. The summed E-state index contributed by atoms with van der Waals surface area (Å²) in [5, 5.41) is 25.3. The Morgan fingerprint density at radius 3 is 2.19 bits per heavy atom. The van der Waals surface area contributed by atoms with Crippen LogP contribution in [0.4, 0.5) is 18.0 Å². The van der Waals surface area contributed by atoms with Crippen LogP contribution in [-0.4, -0.2) is 52.3 Å². The van der Waals surface area contributed by atoms with E-state index in [1.165, 1.54) is 6.07 Å². The van der Waals surface area contributed by atoms with E-state index in [2.05, 4.69) is 15.4 Å².